The maximum Gasteiger partial charge on any atom is 0.257 e. The minimum atomic E-state index is -0.0439. The molecule has 0 bridgehead atoms. The Hall–Kier alpha value is -3.22. The summed E-state index contributed by atoms with van der Waals surface area (Å²) in [6.45, 7) is 3.54. The zero-order chi connectivity index (χ0) is 19.5. The van der Waals surface area contributed by atoms with Gasteiger partial charge in [0.1, 0.15) is 0 Å². The maximum absolute atomic E-state index is 13.2. The Kier molecular flexibility index (Phi) is 5.06. The van der Waals surface area contributed by atoms with E-state index in [1.165, 1.54) is 11.3 Å². The van der Waals surface area contributed by atoms with Gasteiger partial charge in [0.2, 0.25) is 5.95 Å². The predicted octanol–water partition coefficient (Wildman–Crippen LogP) is 3.03. The number of amides is 1. The van der Waals surface area contributed by atoms with Gasteiger partial charge in [-0.15, -0.1) is 0 Å². The summed E-state index contributed by atoms with van der Waals surface area (Å²) < 4.78 is 0. The number of aromatic amines is 1. The second kappa shape index (κ2) is 7.80. The Morgan fingerprint density at radius 1 is 1.21 bits per heavy atom. The van der Waals surface area contributed by atoms with Crippen LogP contribution in [0, 0.1) is 0 Å². The van der Waals surface area contributed by atoms with E-state index in [1.54, 1.807) is 6.20 Å². The number of H-pyrrole nitrogens is 1. The van der Waals surface area contributed by atoms with Crippen molar-refractivity contribution in [3.63, 3.8) is 0 Å². The van der Waals surface area contributed by atoms with Crippen molar-refractivity contribution in [1.29, 1.82) is 0 Å². The topological polar surface area (TPSA) is 101 Å². The number of aromatic nitrogens is 4. The number of likely N-dealkylation sites (tertiary alicyclic amines) is 1. The van der Waals surface area contributed by atoms with Crippen LogP contribution in [0.4, 0.5) is 5.95 Å². The zero-order valence-corrected chi connectivity index (χ0v) is 15.9. The second-order valence-electron chi connectivity index (χ2n) is 7.09. The first kappa shape index (κ1) is 18.2. The molecule has 7 nitrogen and oxygen atoms in total. The number of piperidine rings is 1. The van der Waals surface area contributed by atoms with Gasteiger partial charge in [-0.3, -0.25) is 9.89 Å². The molecule has 0 saturated carbocycles. The Bertz CT molecular complexity index is 960. The van der Waals surface area contributed by atoms with E-state index in [0.717, 1.165) is 24.8 Å². The van der Waals surface area contributed by atoms with Crippen molar-refractivity contribution in [3.8, 4) is 11.3 Å². The van der Waals surface area contributed by atoms with Crippen molar-refractivity contribution >= 4 is 11.9 Å². The van der Waals surface area contributed by atoms with Crippen LogP contribution in [-0.2, 0) is 6.42 Å². The lowest BCUT2D eigenvalue weighted by Gasteiger charge is -2.32. The van der Waals surface area contributed by atoms with Gasteiger partial charge < -0.3 is 10.6 Å². The first-order valence-electron chi connectivity index (χ1n) is 9.66. The van der Waals surface area contributed by atoms with Crippen LogP contribution in [0.5, 0.6) is 0 Å². The highest BCUT2D eigenvalue weighted by Crippen LogP contribution is 2.31. The fourth-order valence-electron chi connectivity index (χ4n) is 3.87. The third kappa shape index (κ3) is 3.47. The van der Waals surface area contributed by atoms with Crippen LogP contribution in [0.3, 0.4) is 0 Å². The summed E-state index contributed by atoms with van der Waals surface area (Å²) in [7, 11) is 0. The summed E-state index contributed by atoms with van der Waals surface area (Å²) in [6, 6.07) is 9.62. The summed E-state index contributed by atoms with van der Waals surface area (Å²) in [5, 5.41) is 7.34. The monoisotopic (exact) mass is 376 g/mol. The molecule has 0 aliphatic carbocycles. The van der Waals surface area contributed by atoms with Crippen LogP contribution >= 0.6 is 0 Å². The van der Waals surface area contributed by atoms with Gasteiger partial charge in [-0.2, -0.15) is 5.10 Å². The van der Waals surface area contributed by atoms with Gasteiger partial charge in [0.05, 0.1) is 17.5 Å². The molecule has 0 unspecified atom stereocenters. The number of benzene rings is 1. The van der Waals surface area contributed by atoms with Gasteiger partial charge in [0.15, 0.2) is 0 Å². The molecular weight excluding hydrogens is 352 g/mol. The highest BCUT2D eigenvalue weighted by atomic mass is 16.2. The van der Waals surface area contributed by atoms with Crippen LogP contribution in [0.25, 0.3) is 11.3 Å². The van der Waals surface area contributed by atoms with E-state index < -0.39 is 0 Å². The summed E-state index contributed by atoms with van der Waals surface area (Å²) in [5.41, 5.74) is 10.2. The molecule has 2 aromatic heterocycles. The highest BCUT2D eigenvalue weighted by molar-refractivity contribution is 5.99. The van der Waals surface area contributed by atoms with Crippen molar-refractivity contribution in [3.05, 3.63) is 59.5 Å². The van der Waals surface area contributed by atoms with Gasteiger partial charge in [0, 0.05) is 36.5 Å². The Morgan fingerprint density at radius 3 is 2.68 bits per heavy atom. The number of hydrogen-bond acceptors (Lipinski definition) is 5. The lowest BCUT2D eigenvalue weighted by Crippen LogP contribution is -2.38. The largest absolute Gasteiger partial charge is 0.368 e. The minimum absolute atomic E-state index is 0.0439. The van der Waals surface area contributed by atoms with Gasteiger partial charge in [-0.05, 0) is 24.8 Å². The molecule has 4 rings (SSSR count). The number of nitrogens with one attached hydrogen (secondary N) is 1. The molecule has 1 aromatic carbocycles. The molecule has 1 fully saturated rings. The van der Waals surface area contributed by atoms with Crippen molar-refractivity contribution in [2.45, 2.75) is 32.1 Å². The van der Waals surface area contributed by atoms with Crippen molar-refractivity contribution < 1.29 is 4.79 Å². The number of carbonyl (C=O) groups excluding carboxylic acids is 1. The van der Waals surface area contributed by atoms with E-state index in [4.69, 9.17) is 5.73 Å². The van der Waals surface area contributed by atoms with Crippen molar-refractivity contribution in [2.24, 2.45) is 0 Å². The molecule has 3 aromatic rings. The summed E-state index contributed by atoms with van der Waals surface area (Å²) in [4.78, 5) is 23.5. The number of nitrogens with zero attached hydrogens (tertiary/aromatic N) is 4. The van der Waals surface area contributed by atoms with Crippen molar-refractivity contribution in [1.82, 2.24) is 25.1 Å². The number of anilines is 1. The normalized spacial score (nSPS) is 15.0. The van der Waals surface area contributed by atoms with Crippen LogP contribution in [0.15, 0.2) is 42.7 Å². The van der Waals surface area contributed by atoms with Gasteiger partial charge in [-0.1, -0.05) is 37.3 Å². The maximum atomic E-state index is 13.2. The fourth-order valence-corrected chi connectivity index (χ4v) is 3.87. The third-order valence-electron chi connectivity index (χ3n) is 5.41. The highest BCUT2D eigenvalue weighted by Gasteiger charge is 2.28. The molecule has 0 atom stereocenters. The summed E-state index contributed by atoms with van der Waals surface area (Å²) in [5.74, 6) is 0.538. The minimum Gasteiger partial charge on any atom is -0.368 e. The smallest absolute Gasteiger partial charge is 0.257 e. The molecule has 1 aliphatic rings. The average molecular weight is 376 g/mol. The molecule has 28 heavy (non-hydrogen) atoms. The molecule has 1 amide bonds. The van der Waals surface area contributed by atoms with E-state index in [-0.39, 0.29) is 11.9 Å². The van der Waals surface area contributed by atoms with Crippen molar-refractivity contribution in [2.75, 3.05) is 18.8 Å². The van der Waals surface area contributed by atoms with Gasteiger partial charge >= 0.3 is 0 Å². The lowest BCUT2D eigenvalue weighted by molar-refractivity contribution is 0.0712. The van der Waals surface area contributed by atoms with E-state index in [9.17, 15) is 4.79 Å². The number of aryl methyl sites for hydroxylation is 1. The Labute approximate surface area is 164 Å². The zero-order valence-electron chi connectivity index (χ0n) is 15.9. The predicted molar refractivity (Wildman–Crippen MR) is 108 cm³/mol. The number of nitrogen functional groups attached to an aromatic ring is 1. The molecule has 0 spiro atoms. The number of rotatable bonds is 4. The van der Waals surface area contributed by atoms with E-state index in [2.05, 4.69) is 27.1 Å². The third-order valence-corrected chi connectivity index (χ3v) is 5.41. The lowest BCUT2D eigenvalue weighted by atomic mass is 9.90. The van der Waals surface area contributed by atoms with Crippen LogP contribution in [0.1, 0.15) is 47.3 Å². The Balaban J connectivity index is 1.54. The van der Waals surface area contributed by atoms with E-state index in [0.29, 0.717) is 30.3 Å². The van der Waals surface area contributed by atoms with Gasteiger partial charge in [0.25, 0.3) is 5.91 Å². The molecule has 3 heterocycles. The quantitative estimate of drug-likeness (QED) is 0.729. The van der Waals surface area contributed by atoms with E-state index in [1.807, 2.05) is 41.4 Å². The molecule has 1 aliphatic heterocycles. The first-order valence-corrected chi connectivity index (χ1v) is 9.66. The summed E-state index contributed by atoms with van der Waals surface area (Å²) >= 11 is 0. The molecular formula is C21H24N6O. The Morgan fingerprint density at radius 2 is 1.96 bits per heavy atom. The number of carbonyl (C=O) groups is 1. The SMILES string of the molecule is CCc1cn[nH]c1C1CCN(C(=O)c2cnc(N)nc2-c2ccccc2)CC1. The first-order chi connectivity index (χ1) is 13.7. The fraction of sp³-hybridized carbons (Fsp3) is 0.333. The second-order valence-corrected chi connectivity index (χ2v) is 7.09. The van der Waals surface area contributed by atoms with Crippen LogP contribution < -0.4 is 5.73 Å². The summed E-state index contributed by atoms with van der Waals surface area (Å²) in [6.07, 6.45) is 6.25. The standard InChI is InChI=1S/C21H24N6O/c1-2-14-12-24-26-18(14)16-8-10-27(11-9-16)20(28)17-13-23-21(22)25-19(17)15-6-4-3-5-7-15/h3-7,12-13,16H,2,8-11H2,1H3,(H,24,26)(H2,22,23,25). The number of nitrogens with two attached hydrogens (primary N) is 1. The molecule has 7 heteroatoms. The number of hydrogen-bond donors (Lipinski definition) is 2. The molecule has 1 saturated heterocycles. The van der Waals surface area contributed by atoms with Gasteiger partial charge in [-0.25, -0.2) is 9.97 Å². The van der Waals surface area contributed by atoms with Crippen LogP contribution in [-0.4, -0.2) is 44.1 Å². The molecule has 144 valence electrons. The molecule has 3 N–H and O–H groups in total. The molecule has 0 radical (unpaired) electrons. The van der Waals surface area contributed by atoms with Crippen LogP contribution in [0.2, 0.25) is 0 Å². The van der Waals surface area contributed by atoms with E-state index >= 15 is 0 Å². The average Bonchev–Trinajstić information content (AvgIpc) is 3.23.